The zero-order chi connectivity index (χ0) is 21.3. The van der Waals surface area contributed by atoms with Crippen LogP contribution in [0.25, 0.3) is 0 Å². The number of rotatable bonds is 6. The number of hydrogen-bond acceptors (Lipinski definition) is 6. The van der Waals surface area contributed by atoms with E-state index in [1.54, 1.807) is 0 Å². The summed E-state index contributed by atoms with van der Waals surface area (Å²) in [7, 11) is -1.29. The molecule has 0 spiro atoms. The number of halogens is 1. The van der Waals surface area contributed by atoms with E-state index >= 15 is 0 Å². The van der Waals surface area contributed by atoms with Crippen LogP contribution in [0, 0.1) is 22.9 Å². The molecule has 0 saturated carbocycles. The third kappa shape index (κ3) is 3.76. The van der Waals surface area contributed by atoms with Crippen LogP contribution in [0.5, 0.6) is 11.6 Å². The lowest BCUT2D eigenvalue weighted by Crippen LogP contribution is -2.27. The molecule has 0 saturated heterocycles. The summed E-state index contributed by atoms with van der Waals surface area (Å²) in [5.74, 6) is -0.651. The topological polar surface area (TPSA) is 108 Å². The second-order valence-electron chi connectivity index (χ2n) is 6.12. The number of nitro groups is 1. The molecule has 29 heavy (non-hydrogen) atoms. The van der Waals surface area contributed by atoms with Crippen molar-refractivity contribution in [2.24, 2.45) is 7.05 Å². The normalized spacial score (nSPS) is 11.3. The highest BCUT2D eigenvalue weighted by Crippen LogP contribution is 2.34. The number of aryl methyl sites for hydroxylation is 2. The molecule has 0 amide bonds. The first-order chi connectivity index (χ1) is 13.6. The van der Waals surface area contributed by atoms with Crippen molar-refractivity contribution in [3.05, 3.63) is 70.2 Å². The summed E-state index contributed by atoms with van der Waals surface area (Å²) < 4.78 is 47.0. The Bertz CT molecular complexity index is 1180. The third-order valence-corrected chi connectivity index (χ3v) is 6.03. The standard InChI is InChI=1S/C18H17FN4O5S/c1-12-17(23(24)25)18(21(2)20-12)28-14-10-8-13(9-11-14)22(3)29(26,27)16-7-5-4-6-15(16)19/h4-11H,1-3H3. The van der Waals surface area contributed by atoms with Crippen molar-refractivity contribution in [2.45, 2.75) is 11.8 Å². The summed E-state index contributed by atoms with van der Waals surface area (Å²) in [6.45, 7) is 1.50. The Morgan fingerprint density at radius 1 is 1.17 bits per heavy atom. The van der Waals surface area contributed by atoms with E-state index in [0.29, 0.717) is 0 Å². The third-order valence-electron chi connectivity index (χ3n) is 4.21. The van der Waals surface area contributed by atoms with Crippen LogP contribution in [0.3, 0.4) is 0 Å². The lowest BCUT2D eigenvalue weighted by Gasteiger charge is -2.20. The molecule has 0 N–H and O–H groups in total. The summed E-state index contributed by atoms with van der Waals surface area (Å²) in [5, 5.41) is 15.2. The van der Waals surface area contributed by atoms with Crippen molar-refractivity contribution in [3.8, 4) is 11.6 Å². The smallest absolute Gasteiger partial charge is 0.353 e. The number of hydrogen-bond donors (Lipinski definition) is 0. The second kappa shape index (κ2) is 7.51. The minimum Gasteiger partial charge on any atom is -0.434 e. The fraction of sp³-hybridized carbons (Fsp3) is 0.167. The van der Waals surface area contributed by atoms with Gasteiger partial charge in [0.15, 0.2) is 0 Å². The van der Waals surface area contributed by atoms with Gasteiger partial charge in [-0.05, 0) is 43.3 Å². The average Bonchev–Trinajstić information content (AvgIpc) is 2.95. The van der Waals surface area contributed by atoms with Crippen LogP contribution < -0.4 is 9.04 Å². The predicted octanol–water partition coefficient (Wildman–Crippen LogP) is 3.39. The zero-order valence-electron chi connectivity index (χ0n) is 15.7. The quantitative estimate of drug-likeness (QED) is 0.447. The Labute approximate surface area is 166 Å². The van der Waals surface area contributed by atoms with Gasteiger partial charge in [-0.2, -0.15) is 5.10 Å². The van der Waals surface area contributed by atoms with Gasteiger partial charge in [0.05, 0.1) is 10.6 Å². The van der Waals surface area contributed by atoms with Crippen LogP contribution in [-0.4, -0.2) is 30.2 Å². The van der Waals surface area contributed by atoms with E-state index in [9.17, 15) is 22.9 Å². The molecule has 9 nitrogen and oxygen atoms in total. The summed E-state index contributed by atoms with van der Waals surface area (Å²) in [5.41, 5.74) is 0.215. The molecule has 0 bridgehead atoms. The average molecular weight is 420 g/mol. The van der Waals surface area contributed by atoms with Crippen LogP contribution in [0.1, 0.15) is 5.69 Å². The highest BCUT2D eigenvalue weighted by atomic mass is 32.2. The van der Waals surface area contributed by atoms with Crippen molar-refractivity contribution >= 4 is 21.4 Å². The SMILES string of the molecule is Cc1nn(C)c(Oc2ccc(N(C)S(=O)(=O)c3ccccc3F)cc2)c1[N+](=O)[O-]. The van der Waals surface area contributed by atoms with Gasteiger partial charge in [0.2, 0.25) is 0 Å². The van der Waals surface area contributed by atoms with E-state index in [1.165, 1.54) is 68.2 Å². The Kier molecular flexibility index (Phi) is 5.25. The van der Waals surface area contributed by atoms with Gasteiger partial charge in [0, 0.05) is 14.1 Å². The summed E-state index contributed by atoms with van der Waals surface area (Å²) in [6.07, 6.45) is 0. The summed E-state index contributed by atoms with van der Waals surface area (Å²) >= 11 is 0. The largest absolute Gasteiger partial charge is 0.434 e. The molecule has 2 aromatic carbocycles. The first-order valence-corrected chi connectivity index (χ1v) is 9.76. The molecule has 0 aliphatic carbocycles. The van der Waals surface area contributed by atoms with Gasteiger partial charge in [0.25, 0.3) is 15.9 Å². The number of ether oxygens (including phenoxy) is 1. The highest BCUT2D eigenvalue weighted by molar-refractivity contribution is 7.92. The summed E-state index contributed by atoms with van der Waals surface area (Å²) in [6, 6.07) is 10.9. The first-order valence-electron chi connectivity index (χ1n) is 8.32. The van der Waals surface area contributed by atoms with Crippen LogP contribution in [0.15, 0.2) is 53.4 Å². The van der Waals surface area contributed by atoms with Crippen molar-refractivity contribution in [1.82, 2.24) is 9.78 Å². The van der Waals surface area contributed by atoms with Crippen LogP contribution in [-0.2, 0) is 17.1 Å². The molecule has 0 aliphatic rings. The molecule has 3 rings (SSSR count). The molecular weight excluding hydrogens is 403 g/mol. The Balaban J connectivity index is 1.88. The molecule has 11 heteroatoms. The van der Waals surface area contributed by atoms with Gasteiger partial charge in [-0.15, -0.1) is 0 Å². The number of sulfonamides is 1. The number of benzene rings is 2. The van der Waals surface area contributed by atoms with Gasteiger partial charge < -0.3 is 4.74 Å². The summed E-state index contributed by atoms with van der Waals surface area (Å²) in [4.78, 5) is 10.2. The fourth-order valence-corrected chi connectivity index (χ4v) is 3.99. The maximum atomic E-state index is 13.9. The van der Waals surface area contributed by atoms with E-state index in [0.717, 1.165) is 10.4 Å². The molecule has 0 radical (unpaired) electrons. The number of aromatic nitrogens is 2. The van der Waals surface area contributed by atoms with Crippen LogP contribution >= 0.6 is 0 Å². The van der Waals surface area contributed by atoms with E-state index in [-0.39, 0.29) is 28.7 Å². The molecule has 1 aromatic heterocycles. The Morgan fingerprint density at radius 2 is 1.79 bits per heavy atom. The maximum absolute atomic E-state index is 13.9. The lowest BCUT2D eigenvalue weighted by molar-refractivity contribution is -0.386. The van der Waals surface area contributed by atoms with E-state index in [1.807, 2.05) is 0 Å². The van der Waals surface area contributed by atoms with Crippen molar-refractivity contribution < 1.29 is 22.5 Å². The number of nitrogens with zero attached hydrogens (tertiary/aromatic N) is 4. The van der Waals surface area contributed by atoms with Gasteiger partial charge in [0.1, 0.15) is 22.2 Å². The number of anilines is 1. The zero-order valence-corrected chi connectivity index (χ0v) is 16.6. The highest BCUT2D eigenvalue weighted by Gasteiger charge is 2.27. The molecule has 0 unspecified atom stereocenters. The molecule has 0 atom stereocenters. The van der Waals surface area contributed by atoms with Gasteiger partial charge in [-0.1, -0.05) is 12.1 Å². The Morgan fingerprint density at radius 3 is 2.38 bits per heavy atom. The molecular formula is C18H17FN4O5S. The maximum Gasteiger partial charge on any atom is 0.353 e. The van der Waals surface area contributed by atoms with E-state index in [4.69, 9.17) is 4.74 Å². The lowest BCUT2D eigenvalue weighted by atomic mass is 10.3. The van der Waals surface area contributed by atoms with Crippen molar-refractivity contribution in [2.75, 3.05) is 11.4 Å². The molecule has 0 aliphatic heterocycles. The Hall–Kier alpha value is -3.47. The first kappa shape index (κ1) is 20.3. The van der Waals surface area contributed by atoms with Gasteiger partial charge >= 0.3 is 5.69 Å². The van der Waals surface area contributed by atoms with Gasteiger partial charge in [-0.3, -0.25) is 14.4 Å². The minimum atomic E-state index is -4.10. The molecule has 3 aromatic rings. The minimum absolute atomic E-state index is 0.0485. The van der Waals surface area contributed by atoms with Crippen LogP contribution in [0.4, 0.5) is 15.8 Å². The predicted molar refractivity (Wildman–Crippen MR) is 103 cm³/mol. The van der Waals surface area contributed by atoms with Crippen molar-refractivity contribution in [3.63, 3.8) is 0 Å². The molecule has 152 valence electrons. The molecule has 1 heterocycles. The van der Waals surface area contributed by atoms with Crippen LogP contribution in [0.2, 0.25) is 0 Å². The molecule has 0 fully saturated rings. The van der Waals surface area contributed by atoms with E-state index in [2.05, 4.69) is 5.10 Å². The van der Waals surface area contributed by atoms with Crippen molar-refractivity contribution in [1.29, 1.82) is 0 Å². The van der Waals surface area contributed by atoms with E-state index < -0.39 is 25.7 Å². The monoisotopic (exact) mass is 420 g/mol. The second-order valence-corrected chi connectivity index (χ2v) is 8.06. The fourth-order valence-electron chi connectivity index (χ4n) is 2.73. The van der Waals surface area contributed by atoms with Gasteiger partial charge in [-0.25, -0.2) is 17.5 Å².